The first-order valence-corrected chi connectivity index (χ1v) is 5.75. The van der Waals surface area contributed by atoms with Crippen molar-refractivity contribution in [3.63, 3.8) is 0 Å². The summed E-state index contributed by atoms with van der Waals surface area (Å²) in [6.45, 7) is 5.89. The molecule has 92 valence electrons. The fourth-order valence-electron chi connectivity index (χ4n) is 1.63. The molecule has 1 atom stereocenters. The lowest BCUT2D eigenvalue weighted by molar-refractivity contribution is -0.157. The van der Waals surface area contributed by atoms with E-state index in [0.29, 0.717) is 13.2 Å². The summed E-state index contributed by atoms with van der Waals surface area (Å²) in [7, 11) is 0. The van der Waals surface area contributed by atoms with E-state index in [1.54, 1.807) is 13.8 Å². The number of rotatable bonds is 6. The van der Waals surface area contributed by atoms with Gasteiger partial charge in [0.2, 0.25) is 0 Å². The van der Waals surface area contributed by atoms with Crippen molar-refractivity contribution in [1.82, 2.24) is 4.90 Å². The molecule has 1 aliphatic rings. The van der Waals surface area contributed by atoms with Crippen LogP contribution in [-0.2, 0) is 19.1 Å². The van der Waals surface area contributed by atoms with Crippen molar-refractivity contribution < 1.29 is 19.1 Å². The van der Waals surface area contributed by atoms with Gasteiger partial charge in [0.15, 0.2) is 0 Å². The van der Waals surface area contributed by atoms with Crippen LogP contribution in [-0.4, -0.2) is 49.2 Å². The summed E-state index contributed by atoms with van der Waals surface area (Å²) in [6.07, 6.45) is 1.16. The van der Waals surface area contributed by atoms with Gasteiger partial charge in [-0.15, -0.1) is 0 Å². The second-order valence-electron chi connectivity index (χ2n) is 3.67. The second kappa shape index (κ2) is 6.48. The Balaban J connectivity index is 2.49. The predicted octanol–water partition coefficient (Wildman–Crippen LogP) is 0.577. The van der Waals surface area contributed by atoms with Crippen LogP contribution in [0, 0.1) is 0 Å². The Bertz CT molecular complexity index is 250. The molecule has 0 aromatic heterocycles. The molecule has 1 saturated heterocycles. The third-order valence-electron chi connectivity index (χ3n) is 2.56. The molecule has 0 bridgehead atoms. The van der Waals surface area contributed by atoms with Crippen molar-refractivity contribution in [2.24, 2.45) is 0 Å². The number of likely N-dealkylation sites (tertiary alicyclic amines) is 1. The molecule has 0 N–H and O–H groups in total. The van der Waals surface area contributed by atoms with Crippen molar-refractivity contribution in [3.05, 3.63) is 0 Å². The molecular weight excluding hydrogens is 210 g/mol. The first kappa shape index (κ1) is 13.0. The van der Waals surface area contributed by atoms with Crippen LogP contribution in [0.25, 0.3) is 0 Å². The van der Waals surface area contributed by atoms with E-state index in [4.69, 9.17) is 9.47 Å². The molecule has 0 aromatic carbocycles. The van der Waals surface area contributed by atoms with Crippen LogP contribution < -0.4 is 0 Å². The van der Waals surface area contributed by atoms with Crippen molar-refractivity contribution in [3.8, 4) is 0 Å². The lowest BCUT2D eigenvalue weighted by Gasteiger charge is -2.36. The molecule has 5 nitrogen and oxygen atoms in total. The summed E-state index contributed by atoms with van der Waals surface area (Å²) in [4.78, 5) is 24.9. The highest BCUT2D eigenvalue weighted by Crippen LogP contribution is 2.16. The summed E-state index contributed by atoms with van der Waals surface area (Å²) in [5.41, 5.74) is 0. The lowest BCUT2D eigenvalue weighted by Crippen LogP contribution is -2.50. The zero-order chi connectivity index (χ0) is 12.0. The quantitative estimate of drug-likeness (QED) is 0.623. The molecule has 0 spiro atoms. The summed E-state index contributed by atoms with van der Waals surface area (Å²) in [6, 6.07) is -0.465. The Morgan fingerprint density at radius 1 is 1.19 bits per heavy atom. The van der Waals surface area contributed by atoms with Gasteiger partial charge in [-0.25, -0.2) is 0 Å². The van der Waals surface area contributed by atoms with Crippen molar-refractivity contribution in [2.45, 2.75) is 32.7 Å². The number of carbonyl (C=O) groups excluding carboxylic acids is 2. The van der Waals surface area contributed by atoms with Gasteiger partial charge in [0.05, 0.1) is 19.6 Å². The molecule has 1 unspecified atom stereocenters. The summed E-state index contributed by atoms with van der Waals surface area (Å²) in [5, 5.41) is 0. The van der Waals surface area contributed by atoms with Crippen molar-refractivity contribution in [1.29, 1.82) is 0 Å². The Labute approximate surface area is 95.7 Å². The monoisotopic (exact) mass is 229 g/mol. The normalized spacial score (nSPS) is 17.4. The van der Waals surface area contributed by atoms with E-state index in [2.05, 4.69) is 0 Å². The lowest BCUT2D eigenvalue weighted by atomic mass is 10.1. The molecule has 16 heavy (non-hydrogen) atoms. The van der Waals surface area contributed by atoms with Crippen LogP contribution in [0.4, 0.5) is 0 Å². The van der Waals surface area contributed by atoms with E-state index >= 15 is 0 Å². The average Bonchev–Trinajstić information content (AvgIpc) is 2.14. The average molecular weight is 229 g/mol. The molecule has 0 saturated carbocycles. The molecule has 0 radical (unpaired) electrons. The minimum absolute atomic E-state index is 0.0900. The minimum atomic E-state index is -0.465. The number of nitrogens with zero attached hydrogens (tertiary/aromatic N) is 1. The number of hydrogen-bond acceptors (Lipinski definition) is 5. The SMILES string of the molecule is CCOC(=O)CC(C(=O)OCC)N1CCC1. The molecule has 0 aromatic rings. The summed E-state index contributed by atoms with van der Waals surface area (Å²) in [5.74, 6) is -0.664. The number of esters is 2. The first-order chi connectivity index (χ1) is 7.69. The highest BCUT2D eigenvalue weighted by Gasteiger charge is 2.33. The Morgan fingerprint density at radius 3 is 2.25 bits per heavy atom. The molecule has 1 rings (SSSR count). The number of carbonyl (C=O) groups is 2. The zero-order valence-corrected chi connectivity index (χ0v) is 9.90. The molecular formula is C11H19NO4. The van der Waals surface area contributed by atoms with Crippen molar-refractivity contribution >= 4 is 11.9 Å². The van der Waals surface area contributed by atoms with Crippen LogP contribution in [0.3, 0.4) is 0 Å². The van der Waals surface area contributed by atoms with Gasteiger partial charge in [0, 0.05) is 13.1 Å². The largest absolute Gasteiger partial charge is 0.466 e. The minimum Gasteiger partial charge on any atom is -0.466 e. The smallest absolute Gasteiger partial charge is 0.323 e. The van der Waals surface area contributed by atoms with E-state index in [9.17, 15) is 9.59 Å². The van der Waals surface area contributed by atoms with Crippen LogP contribution in [0.2, 0.25) is 0 Å². The topological polar surface area (TPSA) is 55.8 Å². The zero-order valence-electron chi connectivity index (χ0n) is 9.90. The second-order valence-corrected chi connectivity index (χ2v) is 3.67. The fraction of sp³-hybridized carbons (Fsp3) is 0.818. The van der Waals surface area contributed by atoms with E-state index in [1.807, 2.05) is 4.90 Å². The van der Waals surface area contributed by atoms with Crippen LogP contribution in [0.1, 0.15) is 26.7 Å². The van der Waals surface area contributed by atoms with Gasteiger partial charge in [-0.3, -0.25) is 14.5 Å². The van der Waals surface area contributed by atoms with Gasteiger partial charge < -0.3 is 9.47 Å². The van der Waals surface area contributed by atoms with E-state index < -0.39 is 6.04 Å². The van der Waals surface area contributed by atoms with Gasteiger partial charge in [-0.1, -0.05) is 0 Å². The third kappa shape index (κ3) is 3.48. The predicted molar refractivity (Wildman–Crippen MR) is 57.9 cm³/mol. The molecule has 5 heteroatoms. The highest BCUT2D eigenvalue weighted by atomic mass is 16.5. The fourth-order valence-corrected chi connectivity index (χ4v) is 1.63. The molecule has 0 amide bonds. The highest BCUT2D eigenvalue weighted by molar-refractivity contribution is 5.82. The number of ether oxygens (including phenoxy) is 2. The van der Waals surface area contributed by atoms with E-state index in [1.165, 1.54) is 0 Å². The molecule has 1 aliphatic heterocycles. The van der Waals surface area contributed by atoms with E-state index in [-0.39, 0.29) is 18.4 Å². The molecule has 1 heterocycles. The van der Waals surface area contributed by atoms with Gasteiger partial charge in [-0.2, -0.15) is 0 Å². The molecule has 1 fully saturated rings. The first-order valence-electron chi connectivity index (χ1n) is 5.75. The van der Waals surface area contributed by atoms with Crippen LogP contribution in [0.5, 0.6) is 0 Å². The van der Waals surface area contributed by atoms with Crippen LogP contribution in [0.15, 0.2) is 0 Å². The standard InChI is InChI=1S/C11H19NO4/c1-3-15-10(13)8-9(11(14)16-4-2)12-6-5-7-12/h9H,3-8H2,1-2H3. The number of hydrogen-bond donors (Lipinski definition) is 0. The van der Waals surface area contributed by atoms with Crippen LogP contribution >= 0.6 is 0 Å². The molecule has 0 aliphatic carbocycles. The van der Waals surface area contributed by atoms with Gasteiger partial charge >= 0.3 is 11.9 Å². The maximum Gasteiger partial charge on any atom is 0.323 e. The third-order valence-corrected chi connectivity index (χ3v) is 2.56. The Kier molecular flexibility index (Phi) is 5.25. The maximum absolute atomic E-state index is 11.6. The Hall–Kier alpha value is -1.10. The summed E-state index contributed by atoms with van der Waals surface area (Å²) < 4.78 is 9.80. The van der Waals surface area contributed by atoms with Gasteiger partial charge in [0.25, 0.3) is 0 Å². The maximum atomic E-state index is 11.6. The summed E-state index contributed by atoms with van der Waals surface area (Å²) >= 11 is 0. The Morgan fingerprint density at radius 2 is 1.81 bits per heavy atom. The van der Waals surface area contributed by atoms with Gasteiger partial charge in [-0.05, 0) is 20.3 Å². The van der Waals surface area contributed by atoms with E-state index in [0.717, 1.165) is 19.5 Å². The van der Waals surface area contributed by atoms with Gasteiger partial charge in [0.1, 0.15) is 6.04 Å². The van der Waals surface area contributed by atoms with Crippen molar-refractivity contribution in [2.75, 3.05) is 26.3 Å².